The number of thiophene rings is 1. The molecule has 1 heterocycles. The van der Waals surface area contributed by atoms with Gasteiger partial charge in [0.15, 0.2) is 0 Å². The number of carboxylic acid groups (broad SMARTS) is 1. The van der Waals surface area contributed by atoms with E-state index in [4.69, 9.17) is 4.74 Å². The van der Waals surface area contributed by atoms with Crippen molar-refractivity contribution >= 4 is 23.4 Å². The van der Waals surface area contributed by atoms with Gasteiger partial charge in [0.05, 0.1) is 12.2 Å². The molecule has 0 amide bonds. The molecule has 0 bridgehead atoms. The Balaban J connectivity index is 0.00000432. The number of benzene rings is 2. The number of aliphatic carboxylic acids is 1. The van der Waals surface area contributed by atoms with Crippen LogP contribution in [-0.2, 0) is 11.4 Å². The zero-order chi connectivity index (χ0) is 24.7. The molecule has 0 saturated carbocycles. The van der Waals surface area contributed by atoms with Crippen molar-refractivity contribution in [2.75, 3.05) is 0 Å². The molecule has 0 aliphatic carbocycles. The van der Waals surface area contributed by atoms with Gasteiger partial charge >= 0.3 is 29.6 Å². The maximum Gasteiger partial charge on any atom is 1.00 e. The van der Waals surface area contributed by atoms with Crippen LogP contribution in [0.4, 0.5) is 4.39 Å². The van der Waals surface area contributed by atoms with Gasteiger partial charge < -0.3 is 24.9 Å². The summed E-state index contributed by atoms with van der Waals surface area (Å²) in [6.45, 7) is 4.52. The van der Waals surface area contributed by atoms with Gasteiger partial charge in [-0.1, -0.05) is 38.1 Å². The molecule has 0 spiro atoms. The maximum atomic E-state index is 13.6. The molecule has 8 heteroatoms. The Labute approximate surface area is 231 Å². The van der Waals surface area contributed by atoms with Crippen LogP contribution in [0.15, 0.2) is 59.3 Å². The number of rotatable bonds is 11. The predicted octanol–water partition coefficient (Wildman–Crippen LogP) is 1.53. The Morgan fingerprint density at radius 3 is 2.49 bits per heavy atom. The van der Waals surface area contributed by atoms with Gasteiger partial charge in [0, 0.05) is 18.8 Å². The van der Waals surface area contributed by atoms with E-state index in [1.807, 2.05) is 42.8 Å². The molecule has 5 nitrogen and oxygen atoms in total. The number of hydrogen-bond acceptors (Lipinski definition) is 6. The molecule has 35 heavy (non-hydrogen) atoms. The van der Waals surface area contributed by atoms with Gasteiger partial charge in [0.1, 0.15) is 18.2 Å². The van der Waals surface area contributed by atoms with E-state index in [9.17, 15) is 24.5 Å². The van der Waals surface area contributed by atoms with Gasteiger partial charge in [-0.2, -0.15) is 11.3 Å². The third-order valence-corrected chi connectivity index (χ3v) is 6.08. The van der Waals surface area contributed by atoms with Crippen LogP contribution in [0, 0.1) is 5.82 Å². The third kappa shape index (κ3) is 8.86. The minimum Gasteiger partial charge on any atom is -0.550 e. The summed E-state index contributed by atoms with van der Waals surface area (Å²) < 4.78 is 19.7. The van der Waals surface area contributed by atoms with E-state index in [1.54, 1.807) is 29.5 Å². The van der Waals surface area contributed by atoms with Crippen molar-refractivity contribution in [2.45, 2.75) is 51.4 Å². The zero-order valence-electron chi connectivity index (χ0n) is 20.1. The van der Waals surface area contributed by atoms with Crippen LogP contribution in [0.3, 0.4) is 0 Å². The van der Waals surface area contributed by atoms with E-state index < -0.39 is 24.6 Å². The Morgan fingerprint density at radius 2 is 1.89 bits per heavy atom. The summed E-state index contributed by atoms with van der Waals surface area (Å²) in [5.74, 6) is -0.921. The number of carbonyl (C=O) groups excluding carboxylic acids is 1. The molecule has 0 saturated heterocycles. The van der Waals surface area contributed by atoms with Crippen LogP contribution in [-0.4, -0.2) is 28.4 Å². The average Bonchev–Trinajstić information content (AvgIpc) is 3.29. The predicted molar refractivity (Wildman–Crippen MR) is 130 cm³/mol. The van der Waals surface area contributed by atoms with Crippen LogP contribution in [0.1, 0.15) is 49.3 Å². The molecule has 2 atom stereocenters. The maximum absolute atomic E-state index is 13.6. The van der Waals surface area contributed by atoms with Crippen molar-refractivity contribution in [1.82, 2.24) is 0 Å². The van der Waals surface area contributed by atoms with E-state index in [0.29, 0.717) is 12.4 Å². The first kappa shape index (κ1) is 29.2. The van der Waals surface area contributed by atoms with E-state index in [0.717, 1.165) is 27.8 Å². The van der Waals surface area contributed by atoms with Crippen LogP contribution in [0.5, 0.6) is 5.75 Å². The summed E-state index contributed by atoms with van der Waals surface area (Å²) in [6.07, 6.45) is 0.351. The first-order valence-electron chi connectivity index (χ1n) is 11.0. The molecular weight excluding hydrogens is 478 g/mol. The number of hydrogen-bond donors (Lipinski definition) is 2. The summed E-state index contributed by atoms with van der Waals surface area (Å²) in [5.41, 5.74) is 4.47. The first-order chi connectivity index (χ1) is 16.2. The standard InChI is InChI=1S/C27H29FO5S.Na/c1-17(2)25-13-23(33-15-18-9-10-34-16-18)14-26(19-3-5-20(28)6-4-19)24(25)8-7-21(29)11-22(30)12-27(31)32;/h3-10,13-14,16-17,21-22,29-30H,11-12,15H2,1-2H3,(H,31,32);/q;+1/p-1/b8-7+;. The van der Waals surface area contributed by atoms with Gasteiger partial charge in [-0.3, -0.25) is 0 Å². The number of halogens is 1. The van der Waals surface area contributed by atoms with Gasteiger partial charge in [0.25, 0.3) is 0 Å². The van der Waals surface area contributed by atoms with Gasteiger partial charge in [-0.25, -0.2) is 4.39 Å². The molecule has 0 aliphatic rings. The van der Waals surface area contributed by atoms with Crippen LogP contribution in [0.25, 0.3) is 17.2 Å². The number of carboxylic acids is 1. The number of carbonyl (C=O) groups is 1. The SMILES string of the molecule is CC(C)c1cc(OCc2ccsc2)cc(-c2ccc(F)cc2)c1/C=C/C(O)CC(O)CC(=O)[O-].[Na+]. The molecule has 0 fully saturated rings. The second kappa shape index (κ2) is 13.9. The van der Waals surface area contributed by atoms with E-state index in [-0.39, 0.29) is 47.7 Å². The van der Waals surface area contributed by atoms with Gasteiger partial charge in [0.2, 0.25) is 0 Å². The molecule has 2 aromatic carbocycles. The van der Waals surface area contributed by atoms with Gasteiger partial charge in [-0.05, 0) is 74.8 Å². The second-order valence-corrected chi connectivity index (χ2v) is 9.23. The average molecular weight is 507 g/mol. The normalized spacial score (nSPS) is 13.0. The Kier molecular flexibility index (Phi) is 11.6. The summed E-state index contributed by atoms with van der Waals surface area (Å²) in [5, 5.41) is 34.8. The fourth-order valence-corrected chi connectivity index (χ4v) is 4.30. The second-order valence-electron chi connectivity index (χ2n) is 8.45. The fraction of sp³-hybridized carbons (Fsp3) is 0.296. The quantitative estimate of drug-likeness (QED) is 0.385. The Morgan fingerprint density at radius 1 is 1.17 bits per heavy atom. The van der Waals surface area contributed by atoms with Crippen molar-refractivity contribution in [3.63, 3.8) is 0 Å². The minimum atomic E-state index is -1.37. The monoisotopic (exact) mass is 506 g/mol. The molecule has 2 N–H and O–H groups in total. The summed E-state index contributed by atoms with van der Waals surface area (Å²) in [7, 11) is 0. The molecule has 1 aromatic heterocycles. The fourth-order valence-electron chi connectivity index (χ4n) is 3.65. The summed E-state index contributed by atoms with van der Waals surface area (Å²) in [6, 6.07) is 12.0. The van der Waals surface area contributed by atoms with Crippen molar-refractivity contribution in [1.29, 1.82) is 0 Å². The summed E-state index contributed by atoms with van der Waals surface area (Å²) >= 11 is 1.60. The van der Waals surface area contributed by atoms with E-state index in [1.165, 1.54) is 18.2 Å². The molecule has 3 aromatic rings. The molecule has 180 valence electrons. The van der Waals surface area contributed by atoms with Crippen molar-refractivity contribution < 1.29 is 58.8 Å². The largest absolute Gasteiger partial charge is 1.00 e. The Bertz CT molecular complexity index is 1110. The van der Waals surface area contributed by atoms with Crippen molar-refractivity contribution in [2.24, 2.45) is 0 Å². The molecule has 3 rings (SSSR count). The summed E-state index contributed by atoms with van der Waals surface area (Å²) in [4.78, 5) is 10.7. The molecular formula is C27H28FNaO5S. The molecule has 0 radical (unpaired) electrons. The van der Waals surface area contributed by atoms with Crippen molar-refractivity contribution in [3.05, 3.63) is 81.8 Å². The number of aliphatic hydroxyl groups excluding tert-OH is 2. The zero-order valence-corrected chi connectivity index (χ0v) is 22.9. The third-order valence-electron chi connectivity index (χ3n) is 5.35. The van der Waals surface area contributed by atoms with E-state index >= 15 is 0 Å². The number of aliphatic hydroxyl groups is 2. The first-order valence-corrected chi connectivity index (χ1v) is 12.0. The van der Waals surface area contributed by atoms with Crippen LogP contribution in [0.2, 0.25) is 0 Å². The van der Waals surface area contributed by atoms with Gasteiger partial charge in [-0.15, -0.1) is 0 Å². The minimum absolute atomic E-state index is 0. The topological polar surface area (TPSA) is 89.8 Å². The smallest absolute Gasteiger partial charge is 0.550 e. The molecule has 2 unspecified atom stereocenters. The van der Waals surface area contributed by atoms with Crippen LogP contribution >= 0.6 is 11.3 Å². The van der Waals surface area contributed by atoms with E-state index in [2.05, 4.69) is 0 Å². The van der Waals surface area contributed by atoms with Crippen LogP contribution < -0.4 is 39.4 Å². The molecule has 0 aliphatic heterocycles. The Hall–Kier alpha value is -2.00. The number of ether oxygens (including phenoxy) is 1. The van der Waals surface area contributed by atoms with Crippen molar-refractivity contribution in [3.8, 4) is 16.9 Å².